The highest BCUT2D eigenvalue weighted by Gasteiger charge is 2.47. The molecule has 0 unspecified atom stereocenters. The normalized spacial score (nSPS) is 29.5. The molecule has 7 heteroatoms. The van der Waals surface area contributed by atoms with Gasteiger partial charge in [-0.2, -0.15) is 0 Å². The highest BCUT2D eigenvalue weighted by molar-refractivity contribution is 7.91. The van der Waals surface area contributed by atoms with Gasteiger partial charge in [-0.05, 0) is 33.1 Å². The van der Waals surface area contributed by atoms with Gasteiger partial charge in [0.1, 0.15) is 5.75 Å². The second-order valence-corrected chi connectivity index (χ2v) is 9.00. The average molecular weight is 333 g/mol. The van der Waals surface area contributed by atoms with Crippen LogP contribution in [-0.4, -0.2) is 69.7 Å². The minimum absolute atomic E-state index is 0.0993. The molecule has 2 fully saturated rings. The summed E-state index contributed by atoms with van der Waals surface area (Å²) in [5, 5.41) is 0. The molecule has 0 spiro atoms. The molecule has 0 bridgehead atoms. The second-order valence-electron chi connectivity index (χ2n) is 6.86. The van der Waals surface area contributed by atoms with Gasteiger partial charge < -0.3 is 14.4 Å². The van der Waals surface area contributed by atoms with Crippen molar-refractivity contribution in [2.75, 3.05) is 38.3 Å². The molecule has 1 amide bonds. The van der Waals surface area contributed by atoms with Crippen LogP contribution in [0, 0.1) is 5.41 Å². The lowest BCUT2D eigenvalue weighted by atomic mass is 9.73. The van der Waals surface area contributed by atoms with Crippen LogP contribution < -0.4 is 0 Å². The van der Waals surface area contributed by atoms with Gasteiger partial charge in [-0.3, -0.25) is 4.79 Å². The predicted octanol–water partition coefficient (Wildman–Crippen LogP) is 0.854. The minimum atomic E-state index is -3.30. The number of nitrogens with zero attached hydrogens (tertiary/aromatic N) is 1. The largest absolute Gasteiger partial charge is 0.378 e. The summed E-state index contributed by atoms with van der Waals surface area (Å²) < 4.78 is 34.5. The zero-order valence-electron chi connectivity index (χ0n) is 13.7. The van der Waals surface area contributed by atoms with Gasteiger partial charge in [-0.15, -0.1) is 0 Å². The number of hydrogen-bond donors (Lipinski definition) is 0. The Morgan fingerprint density at radius 2 is 2.18 bits per heavy atom. The van der Waals surface area contributed by atoms with Gasteiger partial charge in [0.15, 0.2) is 9.84 Å². The molecule has 22 heavy (non-hydrogen) atoms. The standard InChI is InChI=1S/C15H27NO5S/c1-12(2)21-11-15-6-4-8-20-13(15)5-7-16(10-15)14(17)9-22(3,18)19/h12-13H,4-11H2,1-3H3/t13-,15-/m1/s1. The predicted molar refractivity (Wildman–Crippen MR) is 83.4 cm³/mol. The van der Waals surface area contributed by atoms with E-state index in [0.717, 1.165) is 32.1 Å². The van der Waals surface area contributed by atoms with E-state index in [9.17, 15) is 13.2 Å². The first-order valence-electron chi connectivity index (χ1n) is 7.91. The highest BCUT2D eigenvalue weighted by Crippen LogP contribution is 2.40. The number of carbonyl (C=O) groups is 1. The van der Waals surface area contributed by atoms with Crippen LogP contribution >= 0.6 is 0 Å². The van der Waals surface area contributed by atoms with Gasteiger partial charge in [0, 0.05) is 31.4 Å². The van der Waals surface area contributed by atoms with Gasteiger partial charge in [0.2, 0.25) is 5.91 Å². The summed E-state index contributed by atoms with van der Waals surface area (Å²) in [5.41, 5.74) is -0.200. The van der Waals surface area contributed by atoms with Crippen molar-refractivity contribution in [3.8, 4) is 0 Å². The number of ether oxygens (including phenoxy) is 2. The Hall–Kier alpha value is -0.660. The first-order valence-corrected chi connectivity index (χ1v) is 9.97. The number of fused-ring (bicyclic) bond motifs is 1. The Morgan fingerprint density at radius 1 is 1.45 bits per heavy atom. The first kappa shape index (κ1) is 17.7. The number of likely N-dealkylation sites (tertiary alicyclic amines) is 1. The summed E-state index contributed by atoms with van der Waals surface area (Å²) >= 11 is 0. The van der Waals surface area contributed by atoms with Gasteiger partial charge in [0.25, 0.3) is 0 Å². The number of carbonyl (C=O) groups excluding carboxylic acids is 1. The third-order valence-corrected chi connectivity index (χ3v) is 5.20. The molecular weight excluding hydrogens is 306 g/mol. The Balaban J connectivity index is 2.10. The van der Waals surface area contributed by atoms with E-state index in [1.54, 1.807) is 4.90 Å². The smallest absolute Gasteiger partial charge is 0.237 e. The minimum Gasteiger partial charge on any atom is -0.378 e. The van der Waals surface area contributed by atoms with Crippen LogP contribution in [0.25, 0.3) is 0 Å². The molecular formula is C15H27NO5S. The van der Waals surface area contributed by atoms with E-state index >= 15 is 0 Å². The molecule has 0 aliphatic carbocycles. The highest BCUT2D eigenvalue weighted by atomic mass is 32.2. The van der Waals surface area contributed by atoms with E-state index in [-0.39, 0.29) is 23.5 Å². The van der Waals surface area contributed by atoms with Crippen molar-refractivity contribution in [1.82, 2.24) is 4.90 Å². The van der Waals surface area contributed by atoms with Crippen molar-refractivity contribution in [3.63, 3.8) is 0 Å². The third kappa shape index (κ3) is 4.43. The molecule has 128 valence electrons. The SMILES string of the molecule is CC(C)OC[C@]12CCCO[C@@H]1CCN(C(=O)CS(C)(=O)=O)C2. The number of piperidine rings is 1. The van der Waals surface area contributed by atoms with Crippen molar-refractivity contribution in [2.45, 2.75) is 45.3 Å². The lowest BCUT2D eigenvalue weighted by Crippen LogP contribution is -2.58. The van der Waals surface area contributed by atoms with E-state index in [0.29, 0.717) is 19.7 Å². The number of hydrogen-bond acceptors (Lipinski definition) is 5. The summed E-state index contributed by atoms with van der Waals surface area (Å²) in [4.78, 5) is 13.9. The second kappa shape index (κ2) is 6.84. The first-order chi connectivity index (χ1) is 10.2. The van der Waals surface area contributed by atoms with E-state index in [1.807, 2.05) is 13.8 Å². The molecule has 6 nitrogen and oxygen atoms in total. The molecule has 0 saturated carbocycles. The van der Waals surface area contributed by atoms with E-state index in [1.165, 1.54) is 0 Å². The maximum Gasteiger partial charge on any atom is 0.237 e. The molecule has 2 rings (SSSR count). The van der Waals surface area contributed by atoms with Crippen LogP contribution in [0.2, 0.25) is 0 Å². The molecule has 2 saturated heterocycles. The van der Waals surface area contributed by atoms with Crippen LogP contribution in [0.3, 0.4) is 0 Å². The molecule has 0 aromatic carbocycles. The molecule has 0 N–H and O–H groups in total. The fourth-order valence-electron chi connectivity index (χ4n) is 3.36. The molecule has 0 aromatic rings. The molecule has 2 aliphatic heterocycles. The van der Waals surface area contributed by atoms with Crippen molar-refractivity contribution in [2.24, 2.45) is 5.41 Å². The molecule has 0 aromatic heterocycles. The topological polar surface area (TPSA) is 72.9 Å². The van der Waals surface area contributed by atoms with E-state index < -0.39 is 15.6 Å². The van der Waals surface area contributed by atoms with Crippen LogP contribution in [-0.2, 0) is 24.1 Å². The van der Waals surface area contributed by atoms with Gasteiger partial charge in [-0.1, -0.05) is 0 Å². The van der Waals surface area contributed by atoms with E-state index in [2.05, 4.69) is 0 Å². The molecule has 2 aliphatic rings. The van der Waals surface area contributed by atoms with Crippen molar-refractivity contribution in [3.05, 3.63) is 0 Å². The van der Waals surface area contributed by atoms with Crippen molar-refractivity contribution < 1.29 is 22.7 Å². The lowest BCUT2D eigenvalue weighted by Gasteiger charge is -2.50. The monoisotopic (exact) mass is 333 g/mol. The van der Waals surface area contributed by atoms with Gasteiger partial charge in [0.05, 0.1) is 18.8 Å². The Kier molecular flexibility index (Phi) is 5.50. The van der Waals surface area contributed by atoms with Gasteiger partial charge in [-0.25, -0.2) is 8.42 Å². The third-order valence-electron chi connectivity index (χ3n) is 4.43. The fraction of sp³-hybridized carbons (Fsp3) is 0.933. The van der Waals surface area contributed by atoms with Gasteiger partial charge >= 0.3 is 0 Å². The summed E-state index contributed by atoms with van der Waals surface area (Å²) in [5.74, 6) is -0.727. The maximum absolute atomic E-state index is 12.2. The zero-order valence-corrected chi connectivity index (χ0v) is 14.5. The van der Waals surface area contributed by atoms with E-state index in [4.69, 9.17) is 9.47 Å². The summed E-state index contributed by atoms with van der Waals surface area (Å²) in [6, 6.07) is 0. The maximum atomic E-state index is 12.2. The van der Waals surface area contributed by atoms with Crippen LogP contribution in [0.15, 0.2) is 0 Å². The fourth-order valence-corrected chi connectivity index (χ4v) is 3.99. The average Bonchev–Trinajstić information content (AvgIpc) is 2.43. The molecule has 2 atom stereocenters. The number of rotatable bonds is 5. The number of sulfone groups is 1. The van der Waals surface area contributed by atoms with Crippen LogP contribution in [0.4, 0.5) is 0 Å². The van der Waals surface area contributed by atoms with Crippen molar-refractivity contribution in [1.29, 1.82) is 0 Å². The Labute approximate surface area is 133 Å². The summed E-state index contributed by atoms with van der Waals surface area (Å²) in [7, 11) is -3.30. The molecule has 0 radical (unpaired) electrons. The zero-order chi connectivity index (χ0) is 16.4. The quantitative estimate of drug-likeness (QED) is 0.746. The molecule has 2 heterocycles. The summed E-state index contributed by atoms with van der Waals surface area (Å²) in [6.45, 7) is 6.38. The van der Waals surface area contributed by atoms with Crippen LogP contribution in [0.5, 0.6) is 0 Å². The Morgan fingerprint density at radius 3 is 2.82 bits per heavy atom. The van der Waals surface area contributed by atoms with Crippen LogP contribution in [0.1, 0.15) is 33.1 Å². The Bertz CT molecular complexity index is 504. The van der Waals surface area contributed by atoms with Crippen molar-refractivity contribution >= 4 is 15.7 Å². The summed E-state index contributed by atoms with van der Waals surface area (Å²) in [6.07, 6.45) is 3.97. The number of amides is 1. The lowest BCUT2D eigenvalue weighted by molar-refractivity contribution is -0.166.